The van der Waals surface area contributed by atoms with Crippen LogP contribution in [0.5, 0.6) is 0 Å². The SMILES string of the molecule is O=C(c1ccccc1)N1C[C@@H]2CN(C3CCSCC3)C[C@@H]2[C@H]1c1ccccc1. The lowest BCUT2D eigenvalue weighted by molar-refractivity contribution is 0.0692. The van der Waals surface area contributed by atoms with Crippen LogP contribution in [0.15, 0.2) is 60.7 Å². The molecule has 0 aromatic heterocycles. The van der Waals surface area contributed by atoms with Crippen molar-refractivity contribution in [1.29, 1.82) is 0 Å². The molecule has 3 aliphatic rings. The summed E-state index contributed by atoms with van der Waals surface area (Å²) < 4.78 is 0. The predicted molar refractivity (Wildman–Crippen MR) is 116 cm³/mol. The molecule has 3 saturated heterocycles. The van der Waals surface area contributed by atoms with Gasteiger partial charge in [-0.1, -0.05) is 48.5 Å². The molecule has 0 aliphatic carbocycles. The number of carbonyl (C=O) groups is 1. The first kappa shape index (κ1) is 18.3. The van der Waals surface area contributed by atoms with Crippen LogP contribution in [-0.4, -0.2) is 52.9 Å². The van der Waals surface area contributed by atoms with Crippen LogP contribution >= 0.6 is 11.8 Å². The largest absolute Gasteiger partial charge is 0.331 e. The van der Waals surface area contributed by atoms with Crippen molar-refractivity contribution in [2.24, 2.45) is 11.8 Å². The van der Waals surface area contributed by atoms with Crippen molar-refractivity contribution in [1.82, 2.24) is 9.80 Å². The summed E-state index contributed by atoms with van der Waals surface area (Å²) in [6, 6.07) is 21.5. The van der Waals surface area contributed by atoms with Gasteiger partial charge in [0, 0.05) is 37.2 Å². The molecule has 0 spiro atoms. The van der Waals surface area contributed by atoms with E-state index < -0.39 is 0 Å². The molecule has 5 rings (SSSR count). The zero-order valence-corrected chi connectivity index (χ0v) is 17.1. The Kier molecular flexibility index (Phi) is 5.17. The normalized spacial score (nSPS) is 28.4. The second-order valence-corrected chi connectivity index (χ2v) is 9.63. The van der Waals surface area contributed by atoms with E-state index in [-0.39, 0.29) is 11.9 Å². The number of fused-ring (bicyclic) bond motifs is 1. The lowest BCUT2D eigenvalue weighted by atomic mass is 9.89. The van der Waals surface area contributed by atoms with E-state index in [1.54, 1.807) is 0 Å². The minimum atomic E-state index is 0.185. The molecular formula is C24H28N2OS. The molecule has 3 aliphatic heterocycles. The summed E-state index contributed by atoms with van der Waals surface area (Å²) in [4.78, 5) is 18.3. The van der Waals surface area contributed by atoms with Gasteiger partial charge in [0.1, 0.15) is 0 Å². The summed E-state index contributed by atoms with van der Waals surface area (Å²) in [6.07, 6.45) is 2.65. The van der Waals surface area contributed by atoms with Gasteiger partial charge >= 0.3 is 0 Å². The molecule has 2 aromatic rings. The van der Waals surface area contributed by atoms with E-state index in [2.05, 4.69) is 51.9 Å². The molecular weight excluding hydrogens is 364 g/mol. The average molecular weight is 393 g/mol. The predicted octanol–water partition coefficient (Wildman–Crippen LogP) is 4.33. The minimum absolute atomic E-state index is 0.185. The average Bonchev–Trinajstić information content (AvgIpc) is 3.33. The topological polar surface area (TPSA) is 23.6 Å². The molecule has 3 nitrogen and oxygen atoms in total. The van der Waals surface area contributed by atoms with E-state index >= 15 is 0 Å². The Morgan fingerprint density at radius 2 is 1.54 bits per heavy atom. The molecule has 1 amide bonds. The summed E-state index contributed by atoms with van der Waals surface area (Å²) in [5.41, 5.74) is 2.10. The van der Waals surface area contributed by atoms with Crippen molar-refractivity contribution >= 4 is 17.7 Å². The Hall–Kier alpha value is -1.78. The summed E-state index contributed by atoms with van der Waals surface area (Å²) in [5.74, 6) is 3.93. The summed E-state index contributed by atoms with van der Waals surface area (Å²) in [6.45, 7) is 3.18. The van der Waals surface area contributed by atoms with Gasteiger partial charge in [0.15, 0.2) is 0 Å². The van der Waals surface area contributed by atoms with Crippen molar-refractivity contribution in [3.05, 3.63) is 71.8 Å². The number of rotatable bonds is 3. The zero-order valence-electron chi connectivity index (χ0n) is 16.2. The molecule has 0 bridgehead atoms. The van der Waals surface area contributed by atoms with Gasteiger partial charge in [-0.05, 0) is 48.0 Å². The van der Waals surface area contributed by atoms with Gasteiger partial charge < -0.3 is 4.90 Å². The fourth-order valence-electron chi connectivity index (χ4n) is 5.46. The van der Waals surface area contributed by atoms with Gasteiger partial charge in [0.05, 0.1) is 6.04 Å². The molecule has 28 heavy (non-hydrogen) atoms. The Bertz CT molecular complexity index is 806. The van der Waals surface area contributed by atoms with Crippen molar-refractivity contribution < 1.29 is 4.79 Å². The van der Waals surface area contributed by atoms with E-state index in [9.17, 15) is 4.79 Å². The first-order valence-electron chi connectivity index (χ1n) is 10.5. The number of nitrogens with zero attached hydrogens (tertiary/aromatic N) is 2. The van der Waals surface area contributed by atoms with Crippen LogP contribution < -0.4 is 0 Å². The van der Waals surface area contributed by atoms with Gasteiger partial charge in [-0.3, -0.25) is 9.69 Å². The second kappa shape index (κ2) is 7.92. The van der Waals surface area contributed by atoms with Gasteiger partial charge in [0.2, 0.25) is 0 Å². The van der Waals surface area contributed by atoms with E-state index in [1.165, 1.54) is 29.9 Å². The van der Waals surface area contributed by atoms with Crippen molar-refractivity contribution in [3.8, 4) is 0 Å². The van der Waals surface area contributed by atoms with E-state index in [0.717, 1.165) is 31.2 Å². The number of hydrogen-bond acceptors (Lipinski definition) is 3. The highest BCUT2D eigenvalue weighted by molar-refractivity contribution is 7.99. The Balaban J connectivity index is 1.42. The Morgan fingerprint density at radius 1 is 0.857 bits per heavy atom. The quantitative estimate of drug-likeness (QED) is 0.777. The molecule has 0 saturated carbocycles. The van der Waals surface area contributed by atoms with Crippen molar-refractivity contribution in [2.75, 3.05) is 31.1 Å². The summed E-state index contributed by atoms with van der Waals surface area (Å²) in [7, 11) is 0. The smallest absolute Gasteiger partial charge is 0.254 e. The van der Waals surface area contributed by atoms with Gasteiger partial charge in [-0.2, -0.15) is 11.8 Å². The van der Waals surface area contributed by atoms with Gasteiger partial charge in [-0.15, -0.1) is 0 Å². The first-order valence-corrected chi connectivity index (χ1v) is 11.7. The lowest BCUT2D eigenvalue weighted by Crippen LogP contribution is -2.40. The van der Waals surface area contributed by atoms with Crippen LogP contribution in [0.25, 0.3) is 0 Å². The summed E-state index contributed by atoms with van der Waals surface area (Å²) in [5, 5.41) is 0. The molecule has 146 valence electrons. The van der Waals surface area contributed by atoms with Crippen LogP contribution in [0.2, 0.25) is 0 Å². The number of amides is 1. The molecule has 3 heterocycles. The van der Waals surface area contributed by atoms with Crippen LogP contribution in [0.1, 0.15) is 34.8 Å². The van der Waals surface area contributed by atoms with Gasteiger partial charge in [0.25, 0.3) is 5.91 Å². The van der Waals surface area contributed by atoms with Gasteiger partial charge in [-0.25, -0.2) is 0 Å². The van der Waals surface area contributed by atoms with Crippen LogP contribution in [0, 0.1) is 11.8 Å². The molecule has 0 N–H and O–H groups in total. The van der Waals surface area contributed by atoms with Crippen molar-refractivity contribution in [3.63, 3.8) is 0 Å². The van der Waals surface area contributed by atoms with E-state index in [4.69, 9.17) is 0 Å². The second-order valence-electron chi connectivity index (χ2n) is 8.40. The maximum atomic E-state index is 13.4. The fourth-order valence-corrected chi connectivity index (χ4v) is 6.54. The highest BCUT2D eigenvalue weighted by Crippen LogP contribution is 2.46. The molecule has 3 fully saturated rings. The van der Waals surface area contributed by atoms with E-state index in [0.29, 0.717) is 11.8 Å². The third-order valence-electron chi connectivity index (χ3n) is 6.82. The van der Waals surface area contributed by atoms with Crippen molar-refractivity contribution in [2.45, 2.75) is 24.9 Å². The fraction of sp³-hybridized carbons (Fsp3) is 0.458. The maximum Gasteiger partial charge on any atom is 0.254 e. The molecule has 4 heteroatoms. The number of hydrogen-bond donors (Lipinski definition) is 0. The number of likely N-dealkylation sites (tertiary alicyclic amines) is 2. The minimum Gasteiger partial charge on any atom is -0.331 e. The third-order valence-corrected chi connectivity index (χ3v) is 7.87. The molecule has 2 aromatic carbocycles. The maximum absolute atomic E-state index is 13.4. The number of carbonyl (C=O) groups excluding carboxylic acids is 1. The third kappa shape index (κ3) is 3.37. The van der Waals surface area contributed by atoms with Crippen LogP contribution in [-0.2, 0) is 0 Å². The Labute approximate surface area is 172 Å². The molecule has 0 unspecified atom stereocenters. The highest BCUT2D eigenvalue weighted by Gasteiger charge is 2.50. The first-order chi connectivity index (χ1) is 13.8. The zero-order chi connectivity index (χ0) is 18.9. The lowest BCUT2D eigenvalue weighted by Gasteiger charge is -2.34. The Morgan fingerprint density at radius 3 is 2.25 bits per heavy atom. The molecule has 3 atom stereocenters. The van der Waals surface area contributed by atoms with Crippen LogP contribution in [0.3, 0.4) is 0 Å². The number of benzene rings is 2. The monoisotopic (exact) mass is 392 g/mol. The van der Waals surface area contributed by atoms with Crippen LogP contribution in [0.4, 0.5) is 0 Å². The molecule has 0 radical (unpaired) electrons. The highest BCUT2D eigenvalue weighted by atomic mass is 32.2. The summed E-state index contributed by atoms with van der Waals surface area (Å²) >= 11 is 2.10. The number of thioether (sulfide) groups is 1. The van der Waals surface area contributed by atoms with E-state index in [1.807, 2.05) is 30.3 Å². The standard InChI is InChI=1S/C24H28N2OS/c27-24(19-9-5-2-6-10-19)26-16-20-15-25(21-11-13-28-14-12-21)17-22(20)23(26)18-7-3-1-4-8-18/h1-10,20-23H,11-17H2/t20-,22-,23+/m0/s1.